The summed E-state index contributed by atoms with van der Waals surface area (Å²) in [6.07, 6.45) is 0. The highest BCUT2D eigenvalue weighted by atomic mass is 79.9. The van der Waals surface area contributed by atoms with Crippen LogP contribution in [0.2, 0.25) is 0 Å². The molecule has 1 aromatic heterocycles. The van der Waals surface area contributed by atoms with Gasteiger partial charge in [-0.15, -0.1) is 11.3 Å². The highest BCUT2D eigenvalue weighted by Crippen LogP contribution is 2.25. The molecule has 2 N–H and O–H groups in total. The summed E-state index contributed by atoms with van der Waals surface area (Å²) in [5, 5.41) is 11.6. The fraction of sp³-hybridized carbons (Fsp3) is 0. The van der Waals surface area contributed by atoms with Crippen molar-refractivity contribution in [1.29, 1.82) is 0 Å². The van der Waals surface area contributed by atoms with Gasteiger partial charge in [0, 0.05) is 4.47 Å². The lowest BCUT2D eigenvalue weighted by Gasteiger charge is -2.05. The van der Waals surface area contributed by atoms with Crippen molar-refractivity contribution in [3.63, 3.8) is 0 Å². The minimum Gasteiger partial charge on any atom is -0.477 e. The zero-order chi connectivity index (χ0) is 14.0. The molecule has 2 aromatic rings. The van der Waals surface area contributed by atoms with Crippen LogP contribution in [0.3, 0.4) is 0 Å². The maximum Gasteiger partial charge on any atom is 0.345 e. The number of carboxylic acid groups (broad SMARTS) is 1. The topological polar surface area (TPSA) is 66.4 Å². The van der Waals surface area contributed by atoms with Gasteiger partial charge in [0.2, 0.25) is 0 Å². The van der Waals surface area contributed by atoms with Crippen molar-refractivity contribution in [3.05, 3.63) is 51.1 Å². The molecule has 0 bridgehead atoms. The number of hydrogen-bond donors (Lipinski definition) is 2. The Kier molecular flexibility index (Phi) is 3.96. The molecule has 1 aromatic carbocycles. The predicted octanol–water partition coefficient (Wildman–Crippen LogP) is 3.60. The molecule has 4 nitrogen and oxygen atoms in total. The Morgan fingerprint density at radius 1 is 1.26 bits per heavy atom. The third-order valence-electron chi connectivity index (χ3n) is 2.24. The molecule has 19 heavy (non-hydrogen) atoms. The van der Waals surface area contributed by atoms with Crippen LogP contribution in [0.1, 0.15) is 20.0 Å². The van der Waals surface area contributed by atoms with Crippen LogP contribution in [0.15, 0.2) is 34.8 Å². The second-order valence-corrected chi connectivity index (χ2v) is 5.46. The number of aromatic carboxylic acids is 1. The smallest absolute Gasteiger partial charge is 0.345 e. The van der Waals surface area contributed by atoms with Crippen molar-refractivity contribution in [2.24, 2.45) is 0 Å². The fourth-order valence-electron chi connectivity index (χ4n) is 1.41. The van der Waals surface area contributed by atoms with Crippen LogP contribution in [0.25, 0.3) is 0 Å². The van der Waals surface area contributed by atoms with E-state index in [9.17, 15) is 14.0 Å². The minimum absolute atomic E-state index is 0.0999. The average Bonchev–Trinajstić information content (AvgIpc) is 2.77. The molecule has 0 unspecified atom stereocenters. The highest BCUT2D eigenvalue weighted by molar-refractivity contribution is 9.10. The number of carbonyl (C=O) groups is 2. The maximum atomic E-state index is 13.6. The van der Waals surface area contributed by atoms with Crippen molar-refractivity contribution in [1.82, 2.24) is 0 Å². The first kappa shape index (κ1) is 13.7. The average molecular weight is 344 g/mol. The zero-order valence-corrected chi connectivity index (χ0v) is 11.7. The molecule has 1 amide bonds. The van der Waals surface area contributed by atoms with E-state index in [2.05, 4.69) is 21.2 Å². The van der Waals surface area contributed by atoms with Crippen LogP contribution in [0.5, 0.6) is 0 Å². The van der Waals surface area contributed by atoms with E-state index in [-0.39, 0.29) is 10.4 Å². The highest BCUT2D eigenvalue weighted by Gasteiger charge is 2.16. The number of carboxylic acids is 1. The summed E-state index contributed by atoms with van der Waals surface area (Å²) in [5.74, 6) is -2.36. The summed E-state index contributed by atoms with van der Waals surface area (Å²) >= 11 is 4.00. The Labute approximate surface area is 120 Å². The molecule has 0 aliphatic carbocycles. The first-order valence-corrected chi connectivity index (χ1v) is 6.68. The van der Waals surface area contributed by atoms with Crippen LogP contribution in [-0.4, -0.2) is 17.0 Å². The van der Waals surface area contributed by atoms with Gasteiger partial charge in [0.15, 0.2) is 0 Å². The summed E-state index contributed by atoms with van der Waals surface area (Å²) in [6.45, 7) is 0. The van der Waals surface area contributed by atoms with E-state index < -0.39 is 17.7 Å². The molecule has 0 radical (unpaired) electrons. The van der Waals surface area contributed by atoms with Crippen molar-refractivity contribution in [3.8, 4) is 0 Å². The molecule has 0 aliphatic heterocycles. The first-order valence-electron chi connectivity index (χ1n) is 5.07. The van der Waals surface area contributed by atoms with Gasteiger partial charge in [-0.3, -0.25) is 4.79 Å². The van der Waals surface area contributed by atoms with Crippen LogP contribution in [-0.2, 0) is 0 Å². The van der Waals surface area contributed by atoms with E-state index in [1.807, 2.05) is 0 Å². The third-order valence-corrected chi connectivity index (χ3v) is 3.89. The van der Waals surface area contributed by atoms with Gasteiger partial charge in [0.1, 0.15) is 10.7 Å². The molecule has 98 valence electrons. The molecule has 0 saturated heterocycles. The molecular weight excluding hydrogens is 337 g/mol. The van der Waals surface area contributed by atoms with Gasteiger partial charge in [-0.25, -0.2) is 9.18 Å². The molecule has 0 atom stereocenters. The molecular formula is C12H7BrFNO3S. The Morgan fingerprint density at radius 2 is 2.00 bits per heavy atom. The maximum absolute atomic E-state index is 13.6. The molecule has 0 saturated carbocycles. The summed E-state index contributed by atoms with van der Waals surface area (Å²) in [4.78, 5) is 22.7. The Hall–Kier alpha value is -1.73. The summed E-state index contributed by atoms with van der Waals surface area (Å²) in [6, 6.07) is 7.04. The quantitative estimate of drug-likeness (QED) is 0.894. The lowest BCUT2D eigenvalue weighted by molar-refractivity contribution is 0.0702. The first-order chi connectivity index (χ1) is 8.99. The van der Waals surface area contributed by atoms with Gasteiger partial charge in [-0.2, -0.15) is 0 Å². The molecule has 0 spiro atoms. The Balaban J connectivity index is 2.23. The number of amides is 1. The summed E-state index contributed by atoms with van der Waals surface area (Å²) in [7, 11) is 0. The fourth-order valence-corrected chi connectivity index (χ4v) is 2.67. The number of nitrogens with one attached hydrogen (secondary N) is 1. The van der Waals surface area contributed by atoms with E-state index in [0.717, 1.165) is 11.3 Å². The van der Waals surface area contributed by atoms with Crippen LogP contribution in [0.4, 0.5) is 9.39 Å². The van der Waals surface area contributed by atoms with Gasteiger partial charge in [0.05, 0.1) is 10.6 Å². The van der Waals surface area contributed by atoms with Gasteiger partial charge in [-0.1, -0.05) is 6.07 Å². The van der Waals surface area contributed by atoms with E-state index in [4.69, 9.17) is 5.11 Å². The van der Waals surface area contributed by atoms with Crippen molar-refractivity contribution in [2.75, 3.05) is 5.32 Å². The molecule has 0 fully saturated rings. The summed E-state index contributed by atoms with van der Waals surface area (Å²) in [5.41, 5.74) is -0.118. The van der Waals surface area contributed by atoms with Crippen molar-refractivity contribution in [2.45, 2.75) is 0 Å². The number of anilines is 1. The normalized spacial score (nSPS) is 10.2. The Bertz CT molecular complexity index is 636. The van der Waals surface area contributed by atoms with Gasteiger partial charge in [-0.05, 0) is 40.2 Å². The standard InChI is InChI=1S/C12H7BrFNO3S/c13-6-2-1-3-7(14)10(6)11(16)15-9-5-4-8(19-9)12(17)18/h1-5H,(H,15,16)(H,17,18). The largest absolute Gasteiger partial charge is 0.477 e. The van der Waals surface area contributed by atoms with E-state index in [1.54, 1.807) is 6.07 Å². The third kappa shape index (κ3) is 2.99. The van der Waals surface area contributed by atoms with E-state index >= 15 is 0 Å². The monoisotopic (exact) mass is 343 g/mol. The molecule has 2 rings (SSSR count). The van der Waals surface area contributed by atoms with Gasteiger partial charge < -0.3 is 10.4 Å². The molecule has 7 heteroatoms. The Morgan fingerprint density at radius 3 is 2.58 bits per heavy atom. The molecule has 1 heterocycles. The lowest BCUT2D eigenvalue weighted by atomic mass is 10.2. The number of benzene rings is 1. The van der Waals surface area contributed by atoms with Gasteiger partial charge >= 0.3 is 5.97 Å². The van der Waals surface area contributed by atoms with Crippen LogP contribution < -0.4 is 5.32 Å². The zero-order valence-electron chi connectivity index (χ0n) is 9.31. The summed E-state index contributed by atoms with van der Waals surface area (Å²) < 4.78 is 13.9. The van der Waals surface area contributed by atoms with Crippen molar-refractivity contribution < 1.29 is 19.1 Å². The lowest BCUT2D eigenvalue weighted by Crippen LogP contribution is -2.13. The number of carbonyl (C=O) groups excluding carboxylic acids is 1. The SMILES string of the molecule is O=C(O)c1ccc(NC(=O)c2c(F)cccc2Br)s1. The number of hydrogen-bond acceptors (Lipinski definition) is 3. The number of rotatable bonds is 3. The number of halogens is 2. The minimum atomic E-state index is -1.07. The van der Waals surface area contributed by atoms with E-state index in [0.29, 0.717) is 9.47 Å². The second kappa shape index (κ2) is 5.50. The molecule has 0 aliphatic rings. The van der Waals surface area contributed by atoms with Crippen LogP contribution in [0, 0.1) is 5.82 Å². The van der Waals surface area contributed by atoms with Crippen LogP contribution >= 0.6 is 27.3 Å². The van der Waals surface area contributed by atoms with E-state index in [1.165, 1.54) is 24.3 Å². The van der Waals surface area contributed by atoms with Crippen molar-refractivity contribution >= 4 is 44.1 Å². The second-order valence-electron chi connectivity index (χ2n) is 3.52. The predicted molar refractivity (Wildman–Crippen MR) is 73.3 cm³/mol. The number of thiophene rings is 1. The van der Waals surface area contributed by atoms with Gasteiger partial charge in [0.25, 0.3) is 5.91 Å².